The van der Waals surface area contributed by atoms with E-state index >= 15 is 0 Å². The third-order valence-corrected chi connectivity index (χ3v) is 9.97. The standard InChI is InChI=1S/C38H45N3O5S/c1-7-30(5)39-38(43)35(24-31-13-9-8-10-14-31)40(25-32-15-11-12-28(3)22-32)37(42)26-41(34-23-29(4)18-21-36(34)46-6)47(44,45)33-19-16-27(2)17-20-33/h8-23,30,35H,7,24-26H2,1-6H3,(H,39,43)/t30-,35+/m1/s1. The normalized spacial score (nSPS) is 12.6. The fourth-order valence-electron chi connectivity index (χ4n) is 5.35. The lowest BCUT2D eigenvalue weighted by atomic mass is 10.0. The van der Waals surface area contributed by atoms with E-state index in [4.69, 9.17) is 4.74 Å². The number of hydrogen-bond acceptors (Lipinski definition) is 5. The van der Waals surface area contributed by atoms with Crippen molar-refractivity contribution >= 4 is 27.5 Å². The van der Waals surface area contributed by atoms with Gasteiger partial charge in [0, 0.05) is 19.0 Å². The van der Waals surface area contributed by atoms with Crippen LogP contribution in [0.5, 0.6) is 5.75 Å². The van der Waals surface area contributed by atoms with Gasteiger partial charge in [-0.05, 0) is 75.1 Å². The van der Waals surface area contributed by atoms with E-state index in [2.05, 4.69) is 5.32 Å². The highest BCUT2D eigenvalue weighted by atomic mass is 32.2. The summed E-state index contributed by atoms with van der Waals surface area (Å²) in [7, 11) is -2.79. The lowest BCUT2D eigenvalue weighted by molar-refractivity contribution is -0.140. The number of hydrogen-bond donors (Lipinski definition) is 1. The number of carbonyl (C=O) groups excluding carboxylic acids is 2. The van der Waals surface area contributed by atoms with Gasteiger partial charge < -0.3 is 15.0 Å². The number of rotatable bonds is 14. The van der Waals surface area contributed by atoms with Gasteiger partial charge in [0.05, 0.1) is 17.7 Å². The van der Waals surface area contributed by atoms with E-state index in [0.29, 0.717) is 12.2 Å². The SMILES string of the molecule is CC[C@@H](C)NC(=O)[C@H](Cc1ccccc1)N(Cc1cccc(C)c1)C(=O)CN(c1cc(C)ccc1OC)S(=O)(=O)c1ccc(C)cc1. The first-order valence-electron chi connectivity index (χ1n) is 15.9. The largest absolute Gasteiger partial charge is 0.495 e. The van der Waals surface area contributed by atoms with Crippen molar-refractivity contribution in [1.29, 1.82) is 0 Å². The smallest absolute Gasteiger partial charge is 0.264 e. The summed E-state index contributed by atoms with van der Waals surface area (Å²) < 4.78 is 35.5. The molecule has 0 saturated heterocycles. The predicted octanol–water partition coefficient (Wildman–Crippen LogP) is 6.37. The molecule has 2 atom stereocenters. The highest BCUT2D eigenvalue weighted by molar-refractivity contribution is 7.92. The van der Waals surface area contributed by atoms with Crippen LogP contribution >= 0.6 is 0 Å². The average Bonchev–Trinajstić information content (AvgIpc) is 3.05. The third-order valence-electron chi connectivity index (χ3n) is 8.20. The average molecular weight is 656 g/mol. The van der Waals surface area contributed by atoms with Crippen molar-refractivity contribution in [2.75, 3.05) is 18.0 Å². The van der Waals surface area contributed by atoms with Gasteiger partial charge in [0.15, 0.2) is 0 Å². The van der Waals surface area contributed by atoms with Crippen molar-refractivity contribution in [2.24, 2.45) is 0 Å². The quantitative estimate of drug-likeness (QED) is 0.170. The molecule has 0 saturated carbocycles. The number of ether oxygens (including phenoxy) is 1. The zero-order valence-electron chi connectivity index (χ0n) is 28.1. The monoisotopic (exact) mass is 655 g/mol. The van der Waals surface area contributed by atoms with Crippen LogP contribution in [0.15, 0.2) is 102 Å². The van der Waals surface area contributed by atoms with Crippen molar-refractivity contribution in [1.82, 2.24) is 10.2 Å². The highest BCUT2D eigenvalue weighted by Gasteiger charge is 2.36. The molecule has 0 aromatic heterocycles. The Morgan fingerprint density at radius 1 is 0.809 bits per heavy atom. The van der Waals surface area contributed by atoms with Crippen LogP contribution in [0, 0.1) is 20.8 Å². The molecule has 4 rings (SSSR count). The maximum absolute atomic E-state index is 14.7. The van der Waals surface area contributed by atoms with Gasteiger partial charge in [-0.2, -0.15) is 0 Å². The van der Waals surface area contributed by atoms with E-state index < -0.39 is 28.5 Å². The zero-order valence-corrected chi connectivity index (χ0v) is 28.9. The molecule has 0 aliphatic rings. The Morgan fingerprint density at radius 3 is 2.09 bits per heavy atom. The summed E-state index contributed by atoms with van der Waals surface area (Å²) in [5.74, 6) is -0.518. The van der Waals surface area contributed by atoms with Gasteiger partial charge >= 0.3 is 0 Å². The van der Waals surface area contributed by atoms with E-state index in [0.717, 1.165) is 32.1 Å². The Kier molecular flexibility index (Phi) is 11.8. The van der Waals surface area contributed by atoms with Gasteiger partial charge in [0.2, 0.25) is 11.8 Å². The second-order valence-corrected chi connectivity index (χ2v) is 13.9. The summed E-state index contributed by atoms with van der Waals surface area (Å²) in [6, 6.07) is 28.0. The number of methoxy groups -OCH3 is 1. The molecule has 8 nitrogen and oxygen atoms in total. The third kappa shape index (κ3) is 9.01. The molecule has 0 aliphatic carbocycles. The summed E-state index contributed by atoms with van der Waals surface area (Å²) >= 11 is 0. The zero-order chi connectivity index (χ0) is 34.1. The van der Waals surface area contributed by atoms with Gasteiger partial charge in [-0.25, -0.2) is 8.42 Å². The van der Waals surface area contributed by atoms with E-state index in [1.54, 1.807) is 24.3 Å². The number of anilines is 1. The molecule has 248 valence electrons. The first kappa shape index (κ1) is 35.2. The molecular weight excluding hydrogens is 611 g/mol. The van der Waals surface area contributed by atoms with Gasteiger partial charge in [-0.3, -0.25) is 13.9 Å². The van der Waals surface area contributed by atoms with Crippen LogP contribution in [0.25, 0.3) is 0 Å². The Labute approximate surface area is 279 Å². The minimum absolute atomic E-state index is 0.0417. The van der Waals surface area contributed by atoms with Gasteiger partial charge in [0.1, 0.15) is 18.3 Å². The number of nitrogens with one attached hydrogen (secondary N) is 1. The van der Waals surface area contributed by atoms with Crippen molar-refractivity contribution in [3.05, 3.63) is 125 Å². The van der Waals surface area contributed by atoms with Crippen molar-refractivity contribution in [3.63, 3.8) is 0 Å². The maximum atomic E-state index is 14.7. The molecule has 0 aliphatic heterocycles. The Morgan fingerprint density at radius 2 is 1.45 bits per heavy atom. The van der Waals surface area contributed by atoms with E-state index in [1.165, 1.54) is 24.1 Å². The topological polar surface area (TPSA) is 96.0 Å². The van der Waals surface area contributed by atoms with Crippen LogP contribution in [-0.2, 0) is 32.6 Å². The number of amides is 2. The molecule has 4 aromatic carbocycles. The van der Waals surface area contributed by atoms with Gasteiger partial charge in [-0.15, -0.1) is 0 Å². The second-order valence-electron chi connectivity index (χ2n) is 12.0. The van der Waals surface area contributed by atoms with Gasteiger partial charge in [-0.1, -0.05) is 90.8 Å². The molecule has 0 bridgehead atoms. The minimum atomic E-state index is -4.25. The van der Waals surface area contributed by atoms with E-state index in [9.17, 15) is 18.0 Å². The van der Waals surface area contributed by atoms with Crippen LogP contribution < -0.4 is 14.4 Å². The van der Waals surface area contributed by atoms with Crippen molar-refractivity contribution < 1.29 is 22.7 Å². The summed E-state index contributed by atoms with van der Waals surface area (Å²) in [6.45, 7) is 9.15. The van der Waals surface area contributed by atoms with Crippen molar-refractivity contribution in [3.8, 4) is 5.75 Å². The second kappa shape index (κ2) is 15.8. The molecule has 1 N–H and O–H groups in total. The highest BCUT2D eigenvalue weighted by Crippen LogP contribution is 2.34. The Balaban J connectivity index is 1.86. The molecule has 47 heavy (non-hydrogen) atoms. The van der Waals surface area contributed by atoms with Crippen LogP contribution in [0.4, 0.5) is 5.69 Å². The first-order valence-corrected chi connectivity index (χ1v) is 17.3. The Hall–Kier alpha value is -4.63. The fourth-order valence-corrected chi connectivity index (χ4v) is 6.76. The van der Waals surface area contributed by atoms with Crippen LogP contribution in [0.3, 0.4) is 0 Å². The number of nitrogens with zero attached hydrogens (tertiary/aromatic N) is 2. The molecule has 2 amide bonds. The summed E-state index contributed by atoms with van der Waals surface area (Å²) in [5.41, 5.74) is 4.65. The van der Waals surface area contributed by atoms with Crippen LogP contribution in [-0.4, -0.2) is 50.9 Å². The Bertz CT molecular complexity index is 1780. The van der Waals surface area contributed by atoms with Crippen LogP contribution in [0.1, 0.15) is 48.1 Å². The number of sulfonamides is 1. The lowest BCUT2D eigenvalue weighted by Crippen LogP contribution is -2.54. The van der Waals surface area contributed by atoms with E-state index in [1.807, 2.05) is 95.3 Å². The number of benzene rings is 4. The van der Waals surface area contributed by atoms with E-state index in [-0.39, 0.29) is 35.5 Å². The summed E-state index contributed by atoms with van der Waals surface area (Å²) in [6.07, 6.45) is 0.963. The fraction of sp³-hybridized carbons (Fsp3) is 0.316. The number of aryl methyl sites for hydroxylation is 3. The van der Waals surface area contributed by atoms with Crippen molar-refractivity contribution in [2.45, 2.75) is 71.0 Å². The molecule has 0 fully saturated rings. The molecule has 0 unspecified atom stereocenters. The number of carbonyl (C=O) groups is 2. The first-order chi connectivity index (χ1) is 22.4. The van der Waals surface area contributed by atoms with Gasteiger partial charge in [0.25, 0.3) is 10.0 Å². The molecular formula is C38H45N3O5S. The molecule has 0 radical (unpaired) electrons. The molecule has 0 spiro atoms. The summed E-state index contributed by atoms with van der Waals surface area (Å²) in [5, 5.41) is 3.07. The summed E-state index contributed by atoms with van der Waals surface area (Å²) in [4.78, 5) is 30.3. The van der Waals surface area contributed by atoms with Crippen LogP contribution in [0.2, 0.25) is 0 Å². The maximum Gasteiger partial charge on any atom is 0.264 e. The molecule has 9 heteroatoms. The molecule has 4 aromatic rings. The lowest BCUT2D eigenvalue weighted by Gasteiger charge is -2.34. The minimum Gasteiger partial charge on any atom is -0.495 e. The molecule has 0 heterocycles. The predicted molar refractivity (Wildman–Crippen MR) is 187 cm³/mol.